The van der Waals surface area contributed by atoms with Crippen LogP contribution in [0.3, 0.4) is 0 Å². The number of carbonyl (C=O) groups excluding carboxylic acids is 1. The molecule has 1 unspecified atom stereocenters. The van der Waals surface area contributed by atoms with Gasteiger partial charge in [0.1, 0.15) is 11.5 Å². The third-order valence-electron chi connectivity index (χ3n) is 1.69. The Labute approximate surface area is 76.3 Å². The second-order valence-corrected chi connectivity index (χ2v) is 4.09. The highest BCUT2D eigenvalue weighted by atomic mass is 32.2. The van der Waals surface area contributed by atoms with Gasteiger partial charge in [-0.3, -0.25) is 4.79 Å². The van der Waals surface area contributed by atoms with Crippen LogP contribution in [0.2, 0.25) is 0 Å². The van der Waals surface area contributed by atoms with E-state index in [1.807, 2.05) is 19.9 Å². The molecule has 0 radical (unpaired) electrons. The van der Waals surface area contributed by atoms with E-state index in [9.17, 15) is 4.79 Å². The summed E-state index contributed by atoms with van der Waals surface area (Å²) in [6.45, 7) is 5.40. The lowest BCUT2D eigenvalue weighted by molar-refractivity contribution is -0.116. The fourth-order valence-corrected chi connectivity index (χ4v) is 1.66. The molecule has 0 saturated carbocycles. The fourth-order valence-electron chi connectivity index (χ4n) is 0.769. The first-order valence-corrected chi connectivity index (χ1v) is 4.70. The molecular formula is C9H12O2S. The third-order valence-corrected chi connectivity index (χ3v) is 3.05. The summed E-state index contributed by atoms with van der Waals surface area (Å²) in [5.74, 6) is 1.08. The van der Waals surface area contributed by atoms with Crippen molar-refractivity contribution in [2.45, 2.75) is 30.9 Å². The molecule has 1 atom stereocenters. The van der Waals surface area contributed by atoms with E-state index in [2.05, 4.69) is 0 Å². The zero-order valence-electron chi connectivity index (χ0n) is 7.46. The molecular weight excluding hydrogens is 172 g/mol. The lowest BCUT2D eigenvalue weighted by Gasteiger charge is -2.04. The van der Waals surface area contributed by atoms with E-state index in [1.54, 1.807) is 24.9 Å². The molecule has 0 spiro atoms. The summed E-state index contributed by atoms with van der Waals surface area (Å²) in [5.41, 5.74) is 0. The number of furan rings is 1. The maximum atomic E-state index is 10.9. The molecule has 2 nitrogen and oxygen atoms in total. The van der Waals surface area contributed by atoms with Crippen LogP contribution in [0.1, 0.15) is 19.6 Å². The summed E-state index contributed by atoms with van der Waals surface area (Å²) in [4.78, 5) is 12.0. The standard InChI is InChI=1S/C9H12O2S/c1-6(10)8(3)12-9-4-5-11-7(9)2/h4-5,8H,1-3H3. The Balaban J connectivity index is 2.64. The topological polar surface area (TPSA) is 30.2 Å². The first-order chi connectivity index (χ1) is 5.61. The van der Waals surface area contributed by atoms with Gasteiger partial charge in [0.05, 0.1) is 11.5 Å². The minimum Gasteiger partial charge on any atom is -0.468 e. The Kier molecular flexibility index (Phi) is 2.98. The van der Waals surface area contributed by atoms with Gasteiger partial charge >= 0.3 is 0 Å². The van der Waals surface area contributed by atoms with Crippen LogP contribution in [-0.2, 0) is 4.79 Å². The predicted molar refractivity (Wildman–Crippen MR) is 49.4 cm³/mol. The summed E-state index contributed by atoms with van der Waals surface area (Å²) in [5, 5.41) is 0.0151. The first kappa shape index (κ1) is 9.39. The van der Waals surface area contributed by atoms with E-state index >= 15 is 0 Å². The van der Waals surface area contributed by atoms with Gasteiger partial charge in [0.15, 0.2) is 0 Å². The van der Waals surface area contributed by atoms with Gasteiger partial charge in [0.25, 0.3) is 0 Å². The Hall–Kier alpha value is -0.700. The van der Waals surface area contributed by atoms with Crippen molar-refractivity contribution in [1.82, 2.24) is 0 Å². The lowest BCUT2D eigenvalue weighted by Crippen LogP contribution is -2.07. The number of thioether (sulfide) groups is 1. The maximum Gasteiger partial charge on any atom is 0.142 e. The average Bonchev–Trinajstić information content (AvgIpc) is 2.36. The zero-order valence-corrected chi connectivity index (χ0v) is 8.27. The second kappa shape index (κ2) is 3.81. The van der Waals surface area contributed by atoms with E-state index in [0.29, 0.717) is 0 Å². The minimum atomic E-state index is 0.0151. The van der Waals surface area contributed by atoms with Crippen LogP contribution in [0, 0.1) is 6.92 Å². The van der Waals surface area contributed by atoms with E-state index in [-0.39, 0.29) is 11.0 Å². The van der Waals surface area contributed by atoms with Gasteiger partial charge in [-0.1, -0.05) is 0 Å². The van der Waals surface area contributed by atoms with Crippen LogP contribution in [-0.4, -0.2) is 11.0 Å². The molecule has 0 fully saturated rings. The highest BCUT2D eigenvalue weighted by molar-refractivity contribution is 8.00. The summed E-state index contributed by atoms with van der Waals surface area (Å²) < 4.78 is 5.11. The number of carbonyl (C=O) groups is 1. The minimum absolute atomic E-state index is 0.0151. The molecule has 3 heteroatoms. The molecule has 1 aromatic rings. The van der Waals surface area contributed by atoms with Crippen molar-refractivity contribution in [3.8, 4) is 0 Å². The third kappa shape index (κ3) is 2.14. The molecule has 1 heterocycles. The van der Waals surface area contributed by atoms with E-state index in [1.165, 1.54) is 0 Å². The van der Waals surface area contributed by atoms with Crippen molar-refractivity contribution in [2.24, 2.45) is 0 Å². The lowest BCUT2D eigenvalue weighted by atomic mass is 10.3. The van der Waals surface area contributed by atoms with Gasteiger partial charge in [-0.25, -0.2) is 0 Å². The molecule has 66 valence electrons. The second-order valence-electron chi connectivity index (χ2n) is 2.71. The molecule has 0 aromatic carbocycles. The molecule has 1 rings (SSSR count). The number of hydrogen-bond acceptors (Lipinski definition) is 3. The summed E-state index contributed by atoms with van der Waals surface area (Å²) in [6.07, 6.45) is 1.64. The Bertz CT molecular complexity index is 278. The fraction of sp³-hybridized carbons (Fsp3) is 0.444. The van der Waals surface area contributed by atoms with Crippen LogP contribution >= 0.6 is 11.8 Å². The van der Waals surface area contributed by atoms with Crippen LogP contribution < -0.4 is 0 Å². The SMILES string of the molecule is CC(=O)C(C)Sc1ccoc1C. The van der Waals surface area contributed by atoms with Crippen LogP contribution in [0.4, 0.5) is 0 Å². The van der Waals surface area contributed by atoms with Gasteiger partial charge < -0.3 is 4.42 Å². The number of Topliss-reactive ketones (excluding diaryl/α,β-unsaturated/α-hetero) is 1. The molecule has 12 heavy (non-hydrogen) atoms. The highest BCUT2D eigenvalue weighted by Crippen LogP contribution is 2.27. The van der Waals surface area contributed by atoms with Gasteiger partial charge in [0, 0.05) is 4.90 Å². The number of aryl methyl sites for hydroxylation is 1. The van der Waals surface area contributed by atoms with Gasteiger partial charge in [-0.2, -0.15) is 0 Å². The normalized spacial score (nSPS) is 12.9. The summed E-state index contributed by atoms with van der Waals surface area (Å²) in [7, 11) is 0. The summed E-state index contributed by atoms with van der Waals surface area (Å²) in [6, 6.07) is 1.89. The first-order valence-electron chi connectivity index (χ1n) is 3.82. The highest BCUT2D eigenvalue weighted by Gasteiger charge is 2.11. The molecule has 0 N–H and O–H groups in total. The van der Waals surface area contributed by atoms with Crippen molar-refractivity contribution in [1.29, 1.82) is 0 Å². The molecule has 0 bridgehead atoms. The Morgan fingerprint density at radius 1 is 1.67 bits per heavy atom. The van der Waals surface area contributed by atoms with Crippen LogP contribution in [0.25, 0.3) is 0 Å². The van der Waals surface area contributed by atoms with Crippen LogP contribution in [0.15, 0.2) is 21.6 Å². The quantitative estimate of drug-likeness (QED) is 0.676. The molecule has 0 amide bonds. The van der Waals surface area contributed by atoms with Gasteiger partial charge in [-0.05, 0) is 26.8 Å². The van der Waals surface area contributed by atoms with Crippen molar-refractivity contribution >= 4 is 17.5 Å². The molecule has 1 aromatic heterocycles. The van der Waals surface area contributed by atoms with E-state index < -0.39 is 0 Å². The molecule has 0 aliphatic heterocycles. The van der Waals surface area contributed by atoms with Crippen molar-refractivity contribution < 1.29 is 9.21 Å². The van der Waals surface area contributed by atoms with E-state index in [0.717, 1.165) is 10.7 Å². The smallest absolute Gasteiger partial charge is 0.142 e. The maximum absolute atomic E-state index is 10.9. The summed E-state index contributed by atoms with van der Waals surface area (Å²) >= 11 is 1.54. The van der Waals surface area contributed by atoms with E-state index in [4.69, 9.17) is 4.42 Å². The largest absolute Gasteiger partial charge is 0.468 e. The van der Waals surface area contributed by atoms with Gasteiger partial charge in [-0.15, -0.1) is 11.8 Å². The van der Waals surface area contributed by atoms with Crippen molar-refractivity contribution in [3.63, 3.8) is 0 Å². The van der Waals surface area contributed by atoms with Crippen molar-refractivity contribution in [3.05, 3.63) is 18.1 Å². The van der Waals surface area contributed by atoms with Crippen molar-refractivity contribution in [2.75, 3.05) is 0 Å². The molecule has 0 aliphatic rings. The monoisotopic (exact) mass is 184 g/mol. The number of rotatable bonds is 3. The average molecular weight is 184 g/mol. The van der Waals surface area contributed by atoms with Gasteiger partial charge in [0.2, 0.25) is 0 Å². The molecule has 0 saturated heterocycles. The zero-order chi connectivity index (χ0) is 9.14. The predicted octanol–water partition coefficient (Wildman–Crippen LogP) is 2.66. The molecule has 0 aliphatic carbocycles. The number of ketones is 1. The number of hydrogen-bond donors (Lipinski definition) is 0. The Morgan fingerprint density at radius 3 is 2.75 bits per heavy atom. The Morgan fingerprint density at radius 2 is 2.33 bits per heavy atom. The van der Waals surface area contributed by atoms with Crippen LogP contribution in [0.5, 0.6) is 0 Å².